The van der Waals surface area contributed by atoms with E-state index in [-0.39, 0.29) is 23.6 Å². The molecule has 3 aliphatic rings. The summed E-state index contributed by atoms with van der Waals surface area (Å²) >= 11 is 1.63. The number of cyclic esters (lactones) is 1. The zero-order chi connectivity index (χ0) is 18.9. The van der Waals surface area contributed by atoms with Crippen LogP contribution in [0.5, 0.6) is 0 Å². The molecule has 4 rings (SSSR count). The molecule has 0 saturated carbocycles. The number of thiophene rings is 1. The van der Waals surface area contributed by atoms with Crippen molar-refractivity contribution in [2.24, 2.45) is 0 Å². The van der Waals surface area contributed by atoms with E-state index in [1.54, 1.807) is 11.3 Å². The van der Waals surface area contributed by atoms with Gasteiger partial charge in [0.2, 0.25) is 0 Å². The van der Waals surface area contributed by atoms with E-state index in [4.69, 9.17) is 9.47 Å². The summed E-state index contributed by atoms with van der Waals surface area (Å²) in [5.41, 5.74) is 0.975. The minimum Gasteiger partial charge on any atom is -0.461 e. The van der Waals surface area contributed by atoms with Crippen LogP contribution in [0.1, 0.15) is 59.1 Å². The normalized spacial score (nSPS) is 24.6. The molecular weight excluding hydrogens is 364 g/mol. The number of nitrogens with zero attached hydrogens (tertiary/aromatic N) is 1. The molecule has 3 aliphatic heterocycles. The van der Waals surface area contributed by atoms with Crippen molar-refractivity contribution in [3.63, 3.8) is 0 Å². The van der Waals surface area contributed by atoms with E-state index < -0.39 is 0 Å². The molecule has 2 saturated heterocycles. The fourth-order valence-electron chi connectivity index (χ4n) is 4.36. The number of esters is 1. The number of likely N-dealkylation sites (tertiary alicyclic amines) is 1. The maximum absolute atomic E-state index is 12.4. The fourth-order valence-corrected chi connectivity index (χ4v) is 5.51. The van der Waals surface area contributed by atoms with E-state index in [2.05, 4.69) is 23.2 Å². The van der Waals surface area contributed by atoms with Gasteiger partial charge in [-0.25, -0.2) is 0 Å². The quantitative estimate of drug-likeness (QED) is 0.780. The Morgan fingerprint density at radius 3 is 2.89 bits per heavy atom. The van der Waals surface area contributed by atoms with Gasteiger partial charge in [-0.15, -0.1) is 11.3 Å². The first-order chi connectivity index (χ1) is 13.1. The molecule has 1 aromatic heterocycles. The highest BCUT2D eigenvalue weighted by molar-refractivity contribution is 7.14. The van der Waals surface area contributed by atoms with Gasteiger partial charge in [-0.1, -0.05) is 6.92 Å². The van der Waals surface area contributed by atoms with E-state index in [0.29, 0.717) is 13.0 Å². The second kappa shape index (κ2) is 7.89. The molecule has 7 heteroatoms. The summed E-state index contributed by atoms with van der Waals surface area (Å²) in [6, 6.07) is 2.07. The highest BCUT2D eigenvalue weighted by atomic mass is 32.1. The molecule has 1 spiro atoms. The first-order valence-corrected chi connectivity index (χ1v) is 10.9. The lowest BCUT2D eigenvalue weighted by atomic mass is 9.82. The highest BCUT2D eigenvalue weighted by Crippen LogP contribution is 2.44. The van der Waals surface area contributed by atoms with Crippen LogP contribution in [0.4, 0.5) is 0 Å². The fraction of sp³-hybridized carbons (Fsp3) is 0.700. The van der Waals surface area contributed by atoms with Gasteiger partial charge in [-0.3, -0.25) is 14.5 Å². The van der Waals surface area contributed by atoms with Crippen LogP contribution in [-0.4, -0.2) is 55.7 Å². The van der Waals surface area contributed by atoms with E-state index >= 15 is 0 Å². The predicted molar refractivity (Wildman–Crippen MR) is 103 cm³/mol. The SMILES string of the molecule is CCCNC(=O)c1cc2c(s1)CCOC21CCN(CC2CCC(=O)O2)CC1. The van der Waals surface area contributed by atoms with Gasteiger partial charge < -0.3 is 14.8 Å². The van der Waals surface area contributed by atoms with Crippen LogP contribution in [0.2, 0.25) is 0 Å². The second-order valence-corrected chi connectivity index (χ2v) is 8.88. The number of ether oxygens (including phenoxy) is 2. The Hall–Kier alpha value is -1.44. The van der Waals surface area contributed by atoms with Gasteiger partial charge in [0, 0.05) is 43.9 Å². The van der Waals surface area contributed by atoms with Crippen molar-refractivity contribution >= 4 is 23.2 Å². The molecule has 0 aromatic carbocycles. The van der Waals surface area contributed by atoms with Crippen molar-refractivity contribution < 1.29 is 19.1 Å². The molecule has 0 bridgehead atoms. The molecule has 1 aromatic rings. The smallest absolute Gasteiger partial charge is 0.306 e. The number of hydrogen-bond acceptors (Lipinski definition) is 6. The molecule has 1 atom stereocenters. The third-order valence-electron chi connectivity index (χ3n) is 5.86. The number of carbonyl (C=O) groups is 2. The van der Waals surface area contributed by atoms with Gasteiger partial charge in [0.15, 0.2) is 0 Å². The van der Waals surface area contributed by atoms with E-state index in [1.165, 1.54) is 10.4 Å². The number of hydrogen-bond donors (Lipinski definition) is 1. The molecule has 1 N–H and O–H groups in total. The zero-order valence-corrected chi connectivity index (χ0v) is 16.7. The van der Waals surface area contributed by atoms with Gasteiger partial charge in [-0.05, 0) is 37.3 Å². The van der Waals surface area contributed by atoms with Crippen LogP contribution in [0.25, 0.3) is 0 Å². The molecule has 4 heterocycles. The van der Waals surface area contributed by atoms with Crippen LogP contribution >= 0.6 is 11.3 Å². The van der Waals surface area contributed by atoms with Gasteiger partial charge in [0.05, 0.1) is 17.1 Å². The third-order valence-corrected chi connectivity index (χ3v) is 7.05. The van der Waals surface area contributed by atoms with E-state index in [1.807, 2.05) is 0 Å². The lowest BCUT2D eigenvalue weighted by Crippen LogP contribution is -2.47. The van der Waals surface area contributed by atoms with Crippen molar-refractivity contribution in [3.05, 3.63) is 21.4 Å². The summed E-state index contributed by atoms with van der Waals surface area (Å²) in [7, 11) is 0. The van der Waals surface area contributed by atoms with Gasteiger partial charge in [-0.2, -0.15) is 0 Å². The van der Waals surface area contributed by atoms with Crippen molar-refractivity contribution in [3.8, 4) is 0 Å². The standard InChI is InChI=1S/C20H28N2O4S/c1-2-8-21-19(24)17-12-15-16(27-17)5-11-25-20(15)6-9-22(10-7-20)13-14-3-4-18(23)26-14/h12,14H,2-11,13H2,1H3,(H,21,24). The topological polar surface area (TPSA) is 67.9 Å². The van der Waals surface area contributed by atoms with E-state index in [0.717, 1.165) is 63.2 Å². The maximum atomic E-state index is 12.4. The van der Waals surface area contributed by atoms with Crippen molar-refractivity contribution in [1.82, 2.24) is 10.2 Å². The molecule has 0 aliphatic carbocycles. The summed E-state index contributed by atoms with van der Waals surface area (Å²) in [5, 5.41) is 2.98. The monoisotopic (exact) mass is 392 g/mol. The first-order valence-electron chi connectivity index (χ1n) is 10.1. The Bertz CT molecular complexity index is 709. The molecule has 1 amide bonds. The number of fused-ring (bicyclic) bond motifs is 2. The summed E-state index contributed by atoms with van der Waals surface area (Å²) in [6.45, 7) is 6.18. The molecule has 148 valence electrons. The molecule has 0 radical (unpaired) electrons. The van der Waals surface area contributed by atoms with Crippen LogP contribution in [0.3, 0.4) is 0 Å². The number of nitrogens with one attached hydrogen (secondary N) is 1. The Balaban J connectivity index is 1.42. The molecule has 6 nitrogen and oxygen atoms in total. The lowest BCUT2D eigenvalue weighted by molar-refractivity contribution is -0.143. The van der Waals surface area contributed by atoms with Gasteiger partial charge in [0.1, 0.15) is 6.10 Å². The summed E-state index contributed by atoms with van der Waals surface area (Å²) in [5.74, 6) is -0.0345. The van der Waals surface area contributed by atoms with E-state index in [9.17, 15) is 9.59 Å². The third kappa shape index (κ3) is 3.91. The number of rotatable bonds is 5. The molecule has 1 unspecified atom stereocenters. The van der Waals surface area contributed by atoms with Crippen LogP contribution in [0.15, 0.2) is 6.07 Å². The van der Waals surface area contributed by atoms with Crippen LogP contribution in [-0.2, 0) is 26.3 Å². The van der Waals surface area contributed by atoms with Gasteiger partial charge in [0.25, 0.3) is 5.91 Å². The average Bonchev–Trinajstić information content (AvgIpc) is 3.29. The van der Waals surface area contributed by atoms with Crippen molar-refractivity contribution in [1.29, 1.82) is 0 Å². The van der Waals surface area contributed by atoms with Crippen LogP contribution in [0, 0.1) is 0 Å². The Morgan fingerprint density at radius 1 is 1.37 bits per heavy atom. The minimum atomic E-state index is -0.254. The molecule has 2 fully saturated rings. The Morgan fingerprint density at radius 2 is 2.19 bits per heavy atom. The largest absolute Gasteiger partial charge is 0.461 e. The number of piperidine rings is 1. The van der Waals surface area contributed by atoms with Crippen molar-refractivity contribution in [2.75, 3.05) is 32.8 Å². The number of amides is 1. The van der Waals surface area contributed by atoms with Crippen molar-refractivity contribution in [2.45, 2.75) is 57.2 Å². The summed E-state index contributed by atoms with van der Waals surface area (Å²) in [6.07, 6.45) is 5.11. The molecule has 27 heavy (non-hydrogen) atoms. The van der Waals surface area contributed by atoms with Gasteiger partial charge >= 0.3 is 5.97 Å². The molecular formula is C20H28N2O4S. The highest BCUT2D eigenvalue weighted by Gasteiger charge is 2.42. The Kier molecular flexibility index (Phi) is 5.53. The second-order valence-electron chi connectivity index (χ2n) is 7.75. The van der Waals surface area contributed by atoms with Crippen LogP contribution < -0.4 is 5.32 Å². The number of carbonyl (C=O) groups excluding carboxylic acids is 2. The lowest BCUT2D eigenvalue weighted by Gasteiger charge is -2.44. The predicted octanol–water partition coefficient (Wildman–Crippen LogP) is 2.46. The first kappa shape index (κ1) is 18.9. The summed E-state index contributed by atoms with van der Waals surface area (Å²) < 4.78 is 11.7. The Labute approximate surface area is 164 Å². The maximum Gasteiger partial charge on any atom is 0.306 e. The average molecular weight is 393 g/mol. The summed E-state index contributed by atoms with van der Waals surface area (Å²) in [4.78, 5) is 28.2. The minimum absolute atomic E-state index is 0.0342. The zero-order valence-electron chi connectivity index (χ0n) is 15.9.